The topological polar surface area (TPSA) is 75.6 Å². The molecule has 1 aliphatic heterocycles. The summed E-state index contributed by atoms with van der Waals surface area (Å²) >= 11 is 6.24. The van der Waals surface area contributed by atoms with Crippen molar-refractivity contribution in [1.82, 2.24) is 5.32 Å². The Morgan fingerprint density at radius 2 is 2.00 bits per heavy atom. The first-order valence-electron chi connectivity index (χ1n) is 7.74. The maximum atomic E-state index is 12.5. The Labute approximate surface area is 141 Å². The number of carbonyl (C=O) groups is 2. The van der Waals surface area contributed by atoms with Gasteiger partial charge in [0.15, 0.2) is 0 Å². The van der Waals surface area contributed by atoms with Crippen molar-refractivity contribution in [1.29, 1.82) is 0 Å². The van der Waals surface area contributed by atoms with Crippen LogP contribution in [0.3, 0.4) is 0 Å². The lowest BCUT2D eigenvalue weighted by atomic mass is 9.86. The van der Waals surface area contributed by atoms with Gasteiger partial charge in [-0.05, 0) is 36.5 Å². The van der Waals surface area contributed by atoms with Gasteiger partial charge in [-0.1, -0.05) is 31.5 Å². The van der Waals surface area contributed by atoms with Crippen LogP contribution < -0.4 is 5.32 Å². The van der Waals surface area contributed by atoms with Crippen LogP contribution in [0.4, 0.5) is 0 Å². The molecule has 1 heterocycles. The van der Waals surface area contributed by atoms with Gasteiger partial charge in [-0.15, -0.1) is 0 Å². The molecular formula is C17H22ClNO4. The number of amides is 1. The molecule has 1 amide bonds. The highest BCUT2D eigenvalue weighted by molar-refractivity contribution is 6.31. The van der Waals surface area contributed by atoms with Gasteiger partial charge in [0.2, 0.25) is 0 Å². The van der Waals surface area contributed by atoms with Crippen molar-refractivity contribution in [3.8, 4) is 0 Å². The van der Waals surface area contributed by atoms with Crippen LogP contribution in [0.15, 0.2) is 18.2 Å². The summed E-state index contributed by atoms with van der Waals surface area (Å²) in [6.45, 7) is 4.96. The van der Waals surface area contributed by atoms with Crippen molar-refractivity contribution >= 4 is 23.5 Å². The van der Waals surface area contributed by atoms with Crippen LogP contribution in [-0.2, 0) is 9.53 Å². The standard InChI is InChI=1S/C17H22ClNO4/c1-11(2)13-4-3-12(9-14(13)18)16(22)19-17(10-15(20)21)5-7-23-8-6-17/h3-4,9,11H,5-8,10H2,1-2H3,(H,19,22)(H,20,21). The van der Waals surface area contributed by atoms with Gasteiger partial charge in [0.1, 0.15) is 0 Å². The number of aliphatic carboxylic acids is 1. The molecule has 2 N–H and O–H groups in total. The molecule has 5 nitrogen and oxygen atoms in total. The number of nitrogens with one attached hydrogen (secondary N) is 1. The van der Waals surface area contributed by atoms with Crippen LogP contribution >= 0.6 is 11.6 Å². The fraction of sp³-hybridized carbons (Fsp3) is 0.529. The Hall–Kier alpha value is -1.59. The van der Waals surface area contributed by atoms with E-state index in [1.807, 2.05) is 19.9 Å². The summed E-state index contributed by atoms with van der Waals surface area (Å²) < 4.78 is 5.29. The van der Waals surface area contributed by atoms with Gasteiger partial charge in [-0.25, -0.2) is 0 Å². The fourth-order valence-electron chi connectivity index (χ4n) is 2.85. The number of hydrogen-bond donors (Lipinski definition) is 2. The van der Waals surface area contributed by atoms with Gasteiger partial charge in [0, 0.05) is 23.8 Å². The Morgan fingerprint density at radius 1 is 1.35 bits per heavy atom. The number of rotatable bonds is 5. The summed E-state index contributed by atoms with van der Waals surface area (Å²) in [5.74, 6) is -0.959. The first-order chi connectivity index (χ1) is 10.8. The molecule has 6 heteroatoms. The molecule has 1 aliphatic rings. The predicted octanol–water partition coefficient (Wildman–Crippen LogP) is 3.22. The molecule has 1 aromatic rings. The van der Waals surface area contributed by atoms with Crippen LogP contribution in [0.1, 0.15) is 54.9 Å². The monoisotopic (exact) mass is 339 g/mol. The van der Waals surface area contributed by atoms with E-state index in [-0.39, 0.29) is 18.2 Å². The van der Waals surface area contributed by atoms with E-state index in [4.69, 9.17) is 21.4 Å². The van der Waals surface area contributed by atoms with E-state index in [1.165, 1.54) is 0 Å². The highest BCUT2D eigenvalue weighted by Gasteiger charge is 2.36. The van der Waals surface area contributed by atoms with Gasteiger partial charge >= 0.3 is 5.97 Å². The molecule has 0 unspecified atom stereocenters. The van der Waals surface area contributed by atoms with E-state index in [0.29, 0.717) is 36.6 Å². The third-order valence-corrected chi connectivity index (χ3v) is 4.53. The first-order valence-corrected chi connectivity index (χ1v) is 8.12. The number of carboxylic acid groups (broad SMARTS) is 1. The van der Waals surface area contributed by atoms with E-state index in [0.717, 1.165) is 5.56 Å². The van der Waals surface area contributed by atoms with Crippen LogP contribution in [0.25, 0.3) is 0 Å². The molecule has 0 spiro atoms. The number of ether oxygens (including phenoxy) is 1. The van der Waals surface area contributed by atoms with Crippen molar-refractivity contribution in [2.24, 2.45) is 0 Å². The molecule has 0 bridgehead atoms. The van der Waals surface area contributed by atoms with Crippen molar-refractivity contribution in [2.75, 3.05) is 13.2 Å². The molecular weight excluding hydrogens is 318 g/mol. The summed E-state index contributed by atoms with van der Waals surface area (Å²) in [5.41, 5.74) is 0.662. The zero-order valence-corrected chi connectivity index (χ0v) is 14.2. The van der Waals surface area contributed by atoms with Gasteiger partial charge in [-0.3, -0.25) is 9.59 Å². The average molecular weight is 340 g/mol. The Morgan fingerprint density at radius 3 is 2.52 bits per heavy atom. The minimum absolute atomic E-state index is 0.111. The predicted molar refractivity (Wildman–Crippen MR) is 88.0 cm³/mol. The molecule has 23 heavy (non-hydrogen) atoms. The van der Waals surface area contributed by atoms with Crippen molar-refractivity contribution < 1.29 is 19.4 Å². The molecule has 126 valence electrons. The molecule has 1 aromatic carbocycles. The lowest BCUT2D eigenvalue weighted by Gasteiger charge is -2.36. The van der Waals surface area contributed by atoms with Crippen molar-refractivity contribution in [3.05, 3.63) is 34.3 Å². The minimum Gasteiger partial charge on any atom is -0.481 e. The second-order valence-corrected chi connectivity index (χ2v) is 6.72. The maximum absolute atomic E-state index is 12.5. The van der Waals surface area contributed by atoms with E-state index >= 15 is 0 Å². The summed E-state index contributed by atoms with van der Waals surface area (Å²) in [6.07, 6.45) is 0.867. The van der Waals surface area contributed by atoms with Crippen LogP contribution in [-0.4, -0.2) is 35.7 Å². The Kier molecular flexibility index (Phi) is 5.65. The van der Waals surface area contributed by atoms with Gasteiger partial charge < -0.3 is 15.2 Å². The molecule has 1 fully saturated rings. The van der Waals surface area contributed by atoms with Crippen LogP contribution in [0, 0.1) is 0 Å². The van der Waals surface area contributed by atoms with E-state index in [2.05, 4.69) is 5.32 Å². The molecule has 0 radical (unpaired) electrons. The SMILES string of the molecule is CC(C)c1ccc(C(=O)NC2(CC(=O)O)CCOCC2)cc1Cl. The number of benzene rings is 1. The number of carbonyl (C=O) groups excluding carboxylic acids is 1. The molecule has 0 aromatic heterocycles. The van der Waals surface area contributed by atoms with E-state index in [9.17, 15) is 9.59 Å². The summed E-state index contributed by atoms with van der Waals surface area (Å²) in [6, 6.07) is 5.21. The van der Waals surface area contributed by atoms with Crippen molar-refractivity contribution in [3.63, 3.8) is 0 Å². The Bertz CT molecular complexity index is 594. The summed E-state index contributed by atoms with van der Waals surface area (Å²) in [7, 11) is 0. The Balaban J connectivity index is 2.18. The third kappa shape index (κ3) is 4.45. The van der Waals surface area contributed by atoms with Gasteiger partial charge in [0.25, 0.3) is 5.91 Å². The number of carboxylic acids is 1. The lowest BCUT2D eigenvalue weighted by Crippen LogP contribution is -2.53. The number of halogens is 1. The largest absolute Gasteiger partial charge is 0.481 e. The smallest absolute Gasteiger partial charge is 0.305 e. The van der Waals surface area contributed by atoms with Crippen LogP contribution in [0.2, 0.25) is 5.02 Å². The van der Waals surface area contributed by atoms with E-state index in [1.54, 1.807) is 12.1 Å². The normalized spacial score (nSPS) is 17.0. The van der Waals surface area contributed by atoms with Gasteiger partial charge in [-0.2, -0.15) is 0 Å². The zero-order chi connectivity index (χ0) is 17.0. The quantitative estimate of drug-likeness (QED) is 0.863. The highest BCUT2D eigenvalue weighted by Crippen LogP contribution is 2.27. The highest BCUT2D eigenvalue weighted by atomic mass is 35.5. The zero-order valence-electron chi connectivity index (χ0n) is 13.4. The van der Waals surface area contributed by atoms with Crippen LogP contribution in [0.5, 0.6) is 0 Å². The molecule has 2 rings (SSSR count). The molecule has 0 atom stereocenters. The molecule has 0 aliphatic carbocycles. The maximum Gasteiger partial charge on any atom is 0.305 e. The molecule has 0 saturated carbocycles. The summed E-state index contributed by atoms with van der Waals surface area (Å²) in [5, 5.41) is 12.6. The summed E-state index contributed by atoms with van der Waals surface area (Å²) in [4.78, 5) is 23.7. The van der Waals surface area contributed by atoms with E-state index < -0.39 is 11.5 Å². The fourth-order valence-corrected chi connectivity index (χ4v) is 3.25. The van der Waals surface area contributed by atoms with Crippen molar-refractivity contribution in [2.45, 2.75) is 44.6 Å². The third-order valence-electron chi connectivity index (χ3n) is 4.20. The second kappa shape index (κ2) is 7.32. The average Bonchev–Trinajstić information content (AvgIpc) is 2.46. The second-order valence-electron chi connectivity index (χ2n) is 6.31. The minimum atomic E-state index is -0.930. The number of hydrogen-bond acceptors (Lipinski definition) is 3. The lowest BCUT2D eigenvalue weighted by molar-refractivity contribution is -0.139. The first kappa shape index (κ1) is 17.8. The molecule has 1 saturated heterocycles. The van der Waals surface area contributed by atoms with Gasteiger partial charge in [0.05, 0.1) is 12.0 Å².